The molecule has 2 rings (SSSR count). The lowest BCUT2D eigenvalue weighted by Crippen LogP contribution is -2.32. The van der Waals surface area contributed by atoms with Crippen LogP contribution in [0.3, 0.4) is 0 Å². The standard InChI is InChI=1S/C10H13NO3/c12-9(13)4-10(14)3-1-2-7-5-11-6-8(7)10/h5-6,11,14H,1-4H2,(H,12,13). The van der Waals surface area contributed by atoms with Crippen molar-refractivity contribution in [2.24, 2.45) is 0 Å². The van der Waals surface area contributed by atoms with Gasteiger partial charge < -0.3 is 15.2 Å². The number of aliphatic carboxylic acids is 1. The summed E-state index contributed by atoms with van der Waals surface area (Å²) in [4.78, 5) is 13.5. The molecule has 0 radical (unpaired) electrons. The molecular formula is C10H13NO3. The molecule has 14 heavy (non-hydrogen) atoms. The van der Waals surface area contributed by atoms with Crippen molar-refractivity contribution in [1.82, 2.24) is 4.98 Å². The van der Waals surface area contributed by atoms with Crippen molar-refractivity contribution >= 4 is 5.97 Å². The Kier molecular flexibility index (Phi) is 2.07. The first-order valence-electron chi connectivity index (χ1n) is 4.72. The summed E-state index contributed by atoms with van der Waals surface area (Å²) in [6, 6.07) is 0. The summed E-state index contributed by atoms with van der Waals surface area (Å²) in [5, 5.41) is 18.9. The van der Waals surface area contributed by atoms with Crippen molar-refractivity contribution in [3.63, 3.8) is 0 Å². The molecule has 76 valence electrons. The molecule has 0 spiro atoms. The topological polar surface area (TPSA) is 73.3 Å². The summed E-state index contributed by atoms with van der Waals surface area (Å²) in [6.07, 6.45) is 5.62. The van der Waals surface area contributed by atoms with Gasteiger partial charge in [-0.05, 0) is 24.8 Å². The van der Waals surface area contributed by atoms with Gasteiger partial charge in [0.2, 0.25) is 0 Å². The van der Waals surface area contributed by atoms with Crippen molar-refractivity contribution in [2.45, 2.75) is 31.3 Å². The minimum atomic E-state index is -1.17. The highest BCUT2D eigenvalue weighted by Crippen LogP contribution is 2.37. The van der Waals surface area contributed by atoms with Gasteiger partial charge >= 0.3 is 5.97 Å². The third kappa shape index (κ3) is 1.42. The van der Waals surface area contributed by atoms with E-state index in [0.717, 1.165) is 24.0 Å². The maximum atomic E-state index is 10.6. The first kappa shape index (κ1) is 9.27. The first-order chi connectivity index (χ1) is 6.62. The summed E-state index contributed by atoms with van der Waals surface area (Å²) in [7, 11) is 0. The van der Waals surface area contributed by atoms with Crippen LogP contribution in [-0.4, -0.2) is 21.2 Å². The zero-order valence-corrected chi connectivity index (χ0v) is 7.79. The smallest absolute Gasteiger partial charge is 0.306 e. The fourth-order valence-corrected chi connectivity index (χ4v) is 2.18. The molecule has 3 N–H and O–H groups in total. The number of aromatic nitrogens is 1. The average molecular weight is 195 g/mol. The highest BCUT2D eigenvalue weighted by molar-refractivity contribution is 5.68. The number of fused-ring (bicyclic) bond motifs is 1. The van der Waals surface area contributed by atoms with Crippen LogP contribution in [0.25, 0.3) is 0 Å². The van der Waals surface area contributed by atoms with Gasteiger partial charge in [-0.1, -0.05) is 0 Å². The largest absolute Gasteiger partial charge is 0.481 e. The first-order valence-corrected chi connectivity index (χ1v) is 4.72. The molecule has 4 nitrogen and oxygen atoms in total. The van der Waals surface area contributed by atoms with E-state index in [1.807, 2.05) is 6.20 Å². The van der Waals surface area contributed by atoms with Gasteiger partial charge in [0.25, 0.3) is 0 Å². The second kappa shape index (κ2) is 3.13. The third-order valence-corrected chi connectivity index (χ3v) is 2.81. The molecule has 1 aromatic heterocycles. The molecule has 0 fully saturated rings. The van der Waals surface area contributed by atoms with E-state index in [9.17, 15) is 9.90 Å². The van der Waals surface area contributed by atoms with Gasteiger partial charge in [0, 0.05) is 18.0 Å². The lowest BCUT2D eigenvalue weighted by molar-refractivity contribution is -0.143. The number of hydrogen-bond donors (Lipinski definition) is 3. The Morgan fingerprint density at radius 2 is 2.36 bits per heavy atom. The number of aromatic amines is 1. The van der Waals surface area contributed by atoms with Crippen LogP contribution in [0.1, 0.15) is 30.4 Å². The maximum absolute atomic E-state index is 10.6. The number of aryl methyl sites for hydroxylation is 1. The van der Waals surface area contributed by atoms with E-state index in [-0.39, 0.29) is 6.42 Å². The number of carbonyl (C=O) groups is 1. The molecule has 1 aliphatic rings. The van der Waals surface area contributed by atoms with Crippen LogP contribution < -0.4 is 0 Å². The van der Waals surface area contributed by atoms with E-state index in [1.54, 1.807) is 6.20 Å². The Labute approximate surface area is 81.6 Å². The number of aliphatic hydroxyl groups is 1. The lowest BCUT2D eigenvalue weighted by Gasteiger charge is -2.30. The van der Waals surface area contributed by atoms with E-state index in [1.165, 1.54) is 0 Å². The molecule has 0 saturated heterocycles. The molecule has 1 aliphatic carbocycles. The van der Waals surface area contributed by atoms with Crippen LogP contribution in [0, 0.1) is 0 Å². The number of H-pyrrole nitrogens is 1. The molecule has 0 saturated carbocycles. The highest BCUT2D eigenvalue weighted by atomic mass is 16.4. The zero-order chi connectivity index (χ0) is 10.2. The summed E-state index contributed by atoms with van der Waals surface area (Å²) in [5.41, 5.74) is 0.630. The van der Waals surface area contributed by atoms with E-state index in [0.29, 0.717) is 6.42 Å². The Hall–Kier alpha value is -1.29. The number of carboxylic acids is 1. The SMILES string of the molecule is O=C(O)CC1(O)CCCc2c[nH]cc21. The van der Waals surface area contributed by atoms with Crippen LogP contribution >= 0.6 is 0 Å². The van der Waals surface area contributed by atoms with Gasteiger partial charge in [-0.2, -0.15) is 0 Å². The van der Waals surface area contributed by atoms with Crippen LogP contribution in [-0.2, 0) is 16.8 Å². The summed E-state index contributed by atoms with van der Waals surface area (Å²) in [6.45, 7) is 0. The Morgan fingerprint density at radius 3 is 3.07 bits per heavy atom. The van der Waals surface area contributed by atoms with E-state index >= 15 is 0 Å². The predicted octanol–water partition coefficient (Wildman–Crippen LogP) is 1.01. The second-order valence-electron chi connectivity index (χ2n) is 3.85. The van der Waals surface area contributed by atoms with Gasteiger partial charge in [-0.15, -0.1) is 0 Å². The number of carboxylic acid groups (broad SMARTS) is 1. The van der Waals surface area contributed by atoms with Crippen LogP contribution in [0.4, 0.5) is 0 Å². The molecule has 1 unspecified atom stereocenters. The van der Waals surface area contributed by atoms with Gasteiger partial charge in [0.1, 0.15) is 5.60 Å². The van der Waals surface area contributed by atoms with Gasteiger partial charge in [-0.25, -0.2) is 0 Å². The third-order valence-electron chi connectivity index (χ3n) is 2.81. The van der Waals surface area contributed by atoms with Crippen LogP contribution in [0.5, 0.6) is 0 Å². The average Bonchev–Trinajstić information content (AvgIpc) is 2.51. The minimum absolute atomic E-state index is 0.210. The minimum Gasteiger partial charge on any atom is -0.481 e. The van der Waals surface area contributed by atoms with Crippen LogP contribution in [0.15, 0.2) is 12.4 Å². The molecule has 0 aromatic carbocycles. The molecule has 0 amide bonds. The fraction of sp³-hybridized carbons (Fsp3) is 0.500. The Morgan fingerprint density at radius 1 is 1.57 bits per heavy atom. The second-order valence-corrected chi connectivity index (χ2v) is 3.85. The molecule has 0 aliphatic heterocycles. The van der Waals surface area contributed by atoms with Crippen molar-refractivity contribution < 1.29 is 15.0 Å². The number of nitrogens with one attached hydrogen (secondary N) is 1. The van der Waals surface area contributed by atoms with Crippen LogP contribution in [0.2, 0.25) is 0 Å². The monoisotopic (exact) mass is 195 g/mol. The molecule has 1 heterocycles. The number of rotatable bonds is 2. The summed E-state index contributed by atoms with van der Waals surface area (Å²) >= 11 is 0. The predicted molar refractivity (Wildman–Crippen MR) is 49.9 cm³/mol. The maximum Gasteiger partial charge on any atom is 0.306 e. The molecule has 4 heteroatoms. The number of hydrogen-bond acceptors (Lipinski definition) is 2. The Bertz CT molecular complexity index is 358. The molecular weight excluding hydrogens is 182 g/mol. The van der Waals surface area contributed by atoms with Gasteiger partial charge in [0.05, 0.1) is 6.42 Å². The molecule has 1 aromatic rings. The highest BCUT2D eigenvalue weighted by Gasteiger charge is 2.36. The van der Waals surface area contributed by atoms with Crippen molar-refractivity contribution in [2.75, 3.05) is 0 Å². The fourth-order valence-electron chi connectivity index (χ4n) is 2.18. The van der Waals surface area contributed by atoms with Crippen molar-refractivity contribution in [1.29, 1.82) is 0 Å². The summed E-state index contributed by atoms with van der Waals surface area (Å²) in [5.74, 6) is -0.957. The van der Waals surface area contributed by atoms with Gasteiger partial charge in [-0.3, -0.25) is 4.79 Å². The van der Waals surface area contributed by atoms with E-state index in [4.69, 9.17) is 5.11 Å². The summed E-state index contributed by atoms with van der Waals surface area (Å²) < 4.78 is 0. The quantitative estimate of drug-likeness (QED) is 0.659. The molecule has 1 atom stereocenters. The van der Waals surface area contributed by atoms with E-state index < -0.39 is 11.6 Å². The van der Waals surface area contributed by atoms with Gasteiger partial charge in [0.15, 0.2) is 0 Å². The van der Waals surface area contributed by atoms with Crippen molar-refractivity contribution in [3.8, 4) is 0 Å². The van der Waals surface area contributed by atoms with E-state index in [2.05, 4.69) is 4.98 Å². The lowest BCUT2D eigenvalue weighted by atomic mass is 9.79. The Balaban J connectivity index is 2.34. The normalized spacial score (nSPS) is 25.8. The zero-order valence-electron chi connectivity index (χ0n) is 7.79. The molecule has 0 bridgehead atoms. The van der Waals surface area contributed by atoms with Crippen molar-refractivity contribution in [3.05, 3.63) is 23.5 Å².